The third kappa shape index (κ3) is 4.37. The predicted octanol–water partition coefficient (Wildman–Crippen LogP) is 2.30. The molecule has 0 bridgehead atoms. The first-order valence-electron chi connectivity index (χ1n) is 5.96. The monoisotopic (exact) mass is 288 g/mol. The Hall–Kier alpha value is -2.40. The summed E-state index contributed by atoms with van der Waals surface area (Å²) in [5, 5.41) is 7.34. The number of rotatable bonds is 5. The molecule has 20 heavy (non-hydrogen) atoms. The summed E-state index contributed by atoms with van der Waals surface area (Å²) in [6, 6.07) is 10.8. The first kappa shape index (κ1) is 14.0. The van der Waals surface area contributed by atoms with Gasteiger partial charge in [0.2, 0.25) is 0 Å². The van der Waals surface area contributed by atoms with Gasteiger partial charge in [-0.15, -0.1) is 0 Å². The fraction of sp³-hybridized carbons (Fsp3) is 0.0714. The minimum Gasteiger partial charge on any atom is -0.375 e. The van der Waals surface area contributed by atoms with Crippen molar-refractivity contribution in [1.29, 1.82) is 0 Å². The molecule has 0 saturated carbocycles. The van der Waals surface area contributed by atoms with Crippen LogP contribution in [0.5, 0.6) is 0 Å². The third-order valence-electron chi connectivity index (χ3n) is 2.40. The summed E-state index contributed by atoms with van der Waals surface area (Å²) >= 11 is 5.96. The average Bonchev–Trinajstić information content (AvgIpc) is 2.47. The van der Waals surface area contributed by atoms with Gasteiger partial charge in [0.1, 0.15) is 0 Å². The van der Waals surface area contributed by atoms with E-state index in [4.69, 9.17) is 11.6 Å². The van der Waals surface area contributed by atoms with Gasteiger partial charge in [-0.1, -0.05) is 29.8 Å². The molecule has 6 heteroatoms. The molecule has 0 unspecified atom stereocenters. The highest BCUT2D eigenvalue weighted by Crippen LogP contribution is 2.19. The lowest BCUT2D eigenvalue weighted by molar-refractivity contribution is -0.119. The van der Waals surface area contributed by atoms with Gasteiger partial charge in [-0.2, -0.15) is 5.10 Å². The molecule has 1 aromatic heterocycles. The zero-order valence-corrected chi connectivity index (χ0v) is 11.3. The molecule has 2 N–H and O–H groups in total. The molecule has 0 aliphatic rings. The van der Waals surface area contributed by atoms with E-state index in [2.05, 4.69) is 20.8 Å². The Bertz CT molecular complexity index is 601. The van der Waals surface area contributed by atoms with Crippen LogP contribution in [0, 0.1) is 0 Å². The molecule has 1 amide bonds. The second-order valence-electron chi connectivity index (χ2n) is 3.91. The lowest BCUT2D eigenvalue weighted by Gasteiger charge is -2.06. The first-order valence-corrected chi connectivity index (χ1v) is 6.34. The zero-order chi connectivity index (χ0) is 14.2. The molecule has 0 aliphatic heterocycles. The maximum absolute atomic E-state index is 11.6. The van der Waals surface area contributed by atoms with Crippen LogP contribution in [0.1, 0.15) is 5.56 Å². The van der Waals surface area contributed by atoms with E-state index in [1.165, 1.54) is 6.21 Å². The Morgan fingerprint density at radius 2 is 2.15 bits per heavy atom. The van der Waals surface area contributed by atoms with Crippen LogP contribution in [0.4, 0.5) is 5.69 Å². The van der Waals surface area contributed by atoms with Gasteiger partial charge < -0.3 is 5.32 Å². The number of amides is 1. The van der Waals surface area contributed by atoms with Crippen molar-refractivity contribution >= 4 is 29.4 Å². The summed E-state index contributed by atoms with van der Waals surface area (Å²) in [5.74, 6) is -0.259. The Labute approximate surface area is 121 Å². The SMILES string of the molecule is O=C(CNc1ccccc1Cl)N/N=C\c1cccnc1. The van der Waals surface area contributed by atoms with Gasteiger partial charge in [0, 0.05) is 18.0 Å². The highest BCUT2D eigenvalue weighted by molar-refractivity contribution is 6.33. The van der Waals surface area contributed by atoms with E-state index < -0.39 is 0 Å². The van der Waals surface area contributed by atoms with E-state index in [0.29, 0.717) is 10.7 Å². The van der Waals surface area contributed by atoms with Gasteiger partial charge in [0.25, 0.3) is 5.91 Å². The quantitative estimate of drug-likeness (QED) is 0.655. The standard InChI is InChI=1S/C14H13ClN4O/c15-12-5-1-2-6-13(12)17-10-14(20)19-18-9-11-4-3-7-16-8-11/h1-9,17H,10H2,(H,19,20)/b18-9-. The lowest BCUT2D eigenvalue weighted by atomic mass is 10.3. The zero-order valence-electron chi connectivity index (χ0n) is 10.6. The average molecular weight is 289 g/mol. The van der Waals surface area contributed by atoms with Crippen molar-refractivity contribution in [3.63, 3.8) is 0 Å². The van der Waals surface area contributed by atoms with Gasteiger partial charge in [-0.25, -0.2) is 5.43 Å². The number of carbonyl (C=O) groups is 1. The Morgan fingerprint density at radius 3 is 2.90 bits per heavy atom. The maximum Gasteiger partial charge on any atom is 0.259 e. The number of hydrazone groups is 1. The Kier molecular flexibility index (Phi) is 5.08. The fourth-order valence-electron chi connectivity index (χ4n) is 1.45. The second kappa shape index (κ2) is 7.25. The van der Waals surface area contributed by atoms with E-state index >= 15 is 0 Å². The number of nitrogens with one attached hydrogen (secondary N) is 2. The molecule has 0 fully saturated rings. The van der Waals surface area contributed by atoms with Gasteiger partial charge in [-0.05, 0) is 18.2 Å². The van der Waals surface area contributed by atoms with Crippen molar-refractivity contribution in [1.82, 2.24) is 10.4 Å². The van der Waals surface area contributed by atoms with Gasteiger partial charge in [0.15, 0.2) is 0 Å². The summed E-state index contributed by atoms with van der Waals surface area (Å²) in [5.41, 5.74) is 3.94. The van der Waals surface area contributed by atoms with E-state index in [9.17, 15) is 4.79 Å². The normalized spacial score (nSPS) is 10.4. The van der Waals surface area contributed by atoms with E-state index in [1.807, 2.05) is 18.2 Å². The molecule has 2 rings (SSSR count). The molecule has 102 valence electrons. The van der Waals surface area contributed by atoms with E-state index in [-0.39, 0.29) is 12.5 Å². The number of hydrogen-bond donors (Lipinski definition) is 2. The molecule has 0 atom stereocenters. The summed E-state index contributed by atoms with van der Waals surface area (Å²) in [4.78, 5) is 15.5. The molecule has 2 aromatic rings. The van der Waals surface area contributed by atoms with Crippen LogP contribution in [0.15, 0.2) is 53.9 Å². The van der Waals surface area contributed by atoms with Crippen molar-refractivity contribution in [2.45, 2.75) is 0 Å². The van der Waals surface area contributed by atoms with Crippen molar-refractivity contribution in [3.8, 4) is 0 Å². The number of para-hydroxylation sites is 1. The van der Waals surface area contributed by atoms with Crippen molar-refractivity contribution < 1.29 is 4.79 Å². The number of halogens is 1. The third-order valence-corrected chi connectivity index (χ3v) is 2.73. The number of benzene rings is 1. The van der Waals surface area contributed by atoms with Crippen molar-refractivity contribution in [2.75, 3.05) is 11.9 Å². The van der Waals surface area contributed by atoms with Crippen LogP contribution in [0.25, 0.3) is 0 Å². The minimum absolute atomic E-state index is 0.0914. The molecule has 0 saturated heterocycles. The largest absolute Gasteiger partial charge is 0.375 e. The fourth-order valence-corrected chi connectivity index (χ4v) is 1.65. The number of nitrogens with zero attached hydrogens (tertiary/aromatic N) is 2. The summed E-state index contributed by atoms with van der Waals surface area (Å²) in [6.45, 7) is 0.0914. The summed E-state index contributed by atoms with van der Waals surface area (Å²) in [7, 11) is 0. The van der Waals surface area contributed by atoms with Crippen LogP contribution in [0.3, 0.4) is 0 Å². The smallest absolute Gasteiger partial charge is 0.259 e. The molecule has 1 heterocycles. The Morgan fingerprint density at radius 1 is 1.30 bits per heavy atom. The molecular formula is C14H13ClN4O. The molecule has 0 aliphatic carbocycles. The van der Waals surface area contributed by atoms with Crippen LogP contribution in [-0.2, 0) is 4.79 Å². The van der Waals surface area contributed by atoms with Crippen LogP contribution in [0.2, 0.25) is 5.02 Å². The topological polar surface area (TPSA) is 66.4 Å². The van der Waals surface area contributed by atoms with E-state index in [1.54, 1.807) is 30.6 Å². The highest BCUT2D eigenvalue weighted by Gasteiger charge is 2.01. The molecular weight excluding hydrogens is 276 g/mol. The predicted molar refractivity (Wildman–Crippen MR) is 79.9 cm³/mol. The number of aromatic nitrogens is 1. The molecule has 0 spiro atoms. The van der Waals surface area contributed by atoms with E-state index in [0.717, 1.165) is 5.56 Å². The summed E-state index contributed by atoms with van der Waals surface area (Å²) in [6.07, 6.45) is 4.85. The van der Waals surface area contributed by atoms with Crippen molar-refractivity contribution in [3.05, 3.63) is 59.4 Å². The second-order valence-corrected chi connectivity index (χ2v) is 4.32. The molecule has 5 nitrogen and oxygen atoms in total. The number of hydrogen-bond acceptors (Lipinski definition) is 4. The van der Waals surface area contributed by atoms with Gasteiger partial charge in [-0.3, -0.25) is 9.78 Å². The molecule has 0 radical (unpaired) electrons. The van der Waals surface area contributed by atoms with Crippen LogP contribution < -0.4 is 10.7 Å². The minimum atomic E-state index is -0.259. The van der Waals surface area contributed by atoms with Gasteiger partial charge >= 0.3 is 0 Å². The van der Waals surface area contributed by atoms with Gasteiger partial charge in [0.05, 0.1) is 23.5 Å². The highest BCUT2D eigenvalue weighted by atomic mass is 35.5. The number of pyridine rings is 1. The number of anilines is 1. The van der Waals surface area contributed by atoms with Crippen LogP contribution >= 0.6 is 11.6 Å². The van der Waals surface area contributed by atoms with Crippen molar-refractivity contribution in [2.24, 2.45) is 5.10 Å². The number of carbonyl (C=O) groups excluding carboxylic acids is 1. The Balaban J connectivity index is 1.79. The first-order chi connectivity index (χ1) is 9.75. The lowest BCUT2D eigenvalue weighted by Crippen LogP contribution is -2.25. The maximum atomic E-state index is 11.6. The summed E-state index contributed by atoms with van der Waals surface area (Å²) < 4.78 is 0. The molecule has 1 aromatic carbocycles. The van der Waals surface area contributed by atoms with Crippen LogP contribution in [-0.4, -0.2) is 23.7 Å².